The molecular formula is C26H30N4O2S. The minimum atomic E-state index is 0.0796. The second-order valence-corrected chi connectivity index (χ2v) is 10.4. The molecule has 4 heterocycles. The van der Waals surface area contributed by atoms with Crippen LogP contribution < -0.4 is 4.74 Å². The Bertz CT molecular complexity index is 1340. The number of ether oxygens (including phenoxy) is 1. The van der Waals surface area contributed by atoms with E-state index in [-0.39, 0.29) is 5.91 Å². The average molecular weight is 463 g/mol. The van der Waals surface area contributed by atoms with Gasteiger partial charge in [-0.25, -0.2) is 4.98 Å². The molecule has 1 saturated carbocycles. The molecule has 7 heteroatoms. The highest BCUT2D eigenvalue weighted by Crippen LogP contribution is 2.38. The zero-order chi connectivity index (χ0) is 22.5. The summed E-state index contributed by atoms with van der Waals surface area (Å²) >= 11 is 1.80. The Morgan fingerprint density at radius 2 is 1.97 bits per heavy atom. The van der Waals surface area contributed by atoms with Crippen LogP contribution in [0.4, 0.5) is 0 Å². The lowest BCUT2D eigenvalue weighted by atomic mass is 9.85. The number of methoxy groups -OCH3 is 1. The van der Waals surface area contributed by atoms with E-state index in [0.717, 1.165) is 60.9 Å². The summed E-state index contributed by atoms with van der Waals surface area (Å²) in [5, 5.41) is 3.44. The number of thiophene rings is 1. The number of rotatable bonds is 5. The fourth-order valence-electron chi connectivity index (χ4n) is 5.37. The summed E-state index contributed by atoms with van der Waals surface area (Å²) in [6, 6.07) is 8.29. The van der Waals surface area contributed by atoms with Crippen molar-refractivity contribution in [3.05, 3.63) is 35.2 Å². The molecule has 3 aromatic heterocycles. The number of benzene rings is 1. The Morgan fingerprint density at radius 3 is 2.70 bits per heavy atom. The topological polar surface area (TPSA) is 52.3 Å². The normalized spacial score (nSPS) is 17.1. The molecule has 6 nitrogen and oxygen atoms in total. The minimum Gasteiger partial charge on any atom is -0.494 e. The molecule has 1 amide bonds. The third-order valence-electron chi connectivity index (χ3n) is 7.44. The maximum Gasteiger partial charge on any atom is 0.254 e. The van der Waals surface area contributed by atoms with E-state index in [1.54, 1.807) is 18.4 Å². The molecule has 2 fully saturated rings. The summed E-state index contributed by atoms with van der Waals surface area (Å²) in [7, 11) is 3.72. The first-order valence-corrected chi connectivity index (χ1v) is 12.9. The van der Waals surface area contributed by atoms with Gasteiger partial charge in [0.05, 0.1) is 18.3 Å². The second kappa shape index (κ2) is 8.20. The summed E-state index contributed by atoms with van der Waals surface area (Å²) in [6.07, 6.45) is 7.31. The van der Waals surface area contributed by atoms with Crippen molar-refractivity contribution in [3.63, 3.8) is 0 Å². The van der Waals surface area contributed by atoms with Crippen LogP contribution >= 0.6 is 11.3 Å². The predicted molar refractivity (Wildman–Crippen MR) is 133 cm³/mol. The van der Waals surface area contributed by atoms with Gasteiger partial charge in [-0.05, 0) is 67.7 Å². The summed E-state index contributed by atoms with van der Waals surface area (Å²) in [5.41, 5.74) is 3.56. The number of aromatic nitrogens is 3. The van der Waals surface area contributed by atoms with E-state index in [1.165, 1.54) is 35.9 Å². The molecule has 172 valence electrons. The monoisotopic (exact) mass is 462 g/mol. The summed E-state index contributed by atoms with van der Waals surface area (Å²) in [4.78, 5) is 21.5. The molecule has 0 atom stereocenters. The fraction of sp³-hybridized carbons (Fsp3) is 0.462. The van der Waals surface area contributed by atoms with Gasteiger partial charge in [0.2, 0.25) is 0 Å². The maximum atomic E-state index is 13.2. The molecule has 4 aromatic rings. The van der Waals surface area contributed by atoms with Crippen LogP contribution in [0.15, 0.2) is 29.6 Å². The van der Waals surface area contributed by atoms with Gasteiger partial charge in [0.15, 0.2) is 5.82 Å². The number of hydrogen-bond donors (Lipinski definition) is 0. The molecule has 0 N–H and O–H groups in total. The Balaban J connectivity index is 1.46. The molecule has 1 saturated heterocycles. The number of aryl methyl sites for hydroxylation is 1. The molecule has 0 unspecified atom stereocenters. The van der Waals surface area contributed by atoms with Gasteiger partial charge in [-0.3, -0.25) is 4.79 Å². The van der Waals surface area contributed by atoms with Crippen LogP contribution in [0.1, 0.15) is 48.9 Å². The standard InChI is InChI=1S/C26H30N4O2S/c1-28-23-20(13-19(15-22(23)32-2)25(31)29-10-4-3-5-11-29)27-24(28)21-14-18-9-12-33-26(18)30(21)16-17-7-6-8-17/h9,12-15,17H,3-8,10-11,16H2,1-2H3. The first-order chi connectivity index (χ1) is 16.1. The molecule has 0 radical (unpaired) electrons. The fourth-order valence-corrected chi connectivity index (χ4v) is 6.28. The van der Waals surface area contributed by atoms with Crippen LogP contribution in [0.5, 0.6) is 5.75 Å². The summed E-state index contributed by atoms with van der Waals surface area (Å²) in [5.74, 6) is 2.46. The van der Waals surface area contributed by atoms with Gasteiger partial charge in [-0.2, -0.15) is 0 Å². The molecule has 0 bridgehead atoms. The van der Waals surface area contributed by atoms with Crippen LogP contribution in [0.25, 0.3) is 32.8 Å². The number of amides is 1. The van der Waals surface area contributed by atoms with Crippen molar-refractivity contribution >= 4 is 38.5 Å². The highest BCUT2D eigenvalue weighted by Gasteiger charge is 2.25. The largest absolute Gasteiger partial charge is 0.494 e. The van der Waals surface area contributed by atoms with E-state index in [1.807, 2.05) is 24.1 Å². The number of carbonyl (C=O) groups is 1. The molecule has 6 rings (SSSR count). The molecule has 33 heavy (non-hydrogen) atoms. The molecule has 2 aliphatic rings. The number of piperidine rings is 1. The van der Waals surface area contributed by atoms with E-state index in [0.29, 0.717) is 11.3 Å². The quantitative estimate of drug-likeness (QED) is 0.383. The van der Waals surface area contributed by atoms with E-state index < -0.39 is 0 Å². The number of likely N-dealkylation sites (tertiary alicyclic amines) is 1. The van der Waals surface area contributed by atoms with Crippen LogP contribution in [-0.2, 0) is 13.6 Å². The van der Waals surface area contributed by atoms with E-state index in [2.05, 4.69) is 26.6 Å². The van der Waals surface area contributed by atoms with Gasteiger partial charge in [-0.1, -0.05) is 6.42 Å². The minimum absolute atomic E-state index is 0.0796. The number of nitrogens with zero attached hydrogens (tertiary/aromatic N) is 4. The lowest BCUT2D eigenvalue weighted by Crippen LogP contribution is -2.35. The maximum absolute atomic E-state index is 13.2. The molecule has 0 spiro atoms. The van der Waals surface area contributed by atoms with Crippen molar-refractivity contribution < 1.29 is 9.53 Å². The Morgan fingerprint density at radius 1 is 1.15 bits per heavy atom. The number of hydrogen-bond acceptors (Lipinski definition) is 4. The van der Waals surface area contributed by atoms with Crippen LogP contribution in [0, 0.1) is 5.92 Å². The molecule has 1 aliphatic carbocycles. The zero-order valence-electron chi connectivity index (χ0n) is 19.3. The van der Waals surface area contributed by atoms with Gasteiger partial charge in [0.1, 0.15) is 16.1 Å². The average Bonchev–Trinajstić information content (AvgIpc) is 3.49. The van der Waals surface area contributed by atoms with Gasteiger partial charge >= 0.3 is 0 Å². The van der Waals surface area contributed by atoms with Crippen molar-refractivity contribution in [2.75, 3.05) is 20.2 Å². The lowest BCUT2D eigenvalue weighted by molar-refractivity contribution is 0.0724. The Kier molecular flexibility index (Phi) is 5.17. The van der Waals surface area contributed by atoms with Gasteiger partial charge in [0.25, 0.3) is 5.91 Å². The SMILES string of the molecule is COc1cc(C(=O)N2CCCCC2)cc2nc(-c3cc4ccsc4n3CC3CCC3)n(C)c12. The van der Waals surface area contributed by atoms with Gasteiger partial charge < -0.3 is 18.8 Å². The van der Waals surface area contributed by atoms with Crippen LogP contribution in [0.3, 0.4) is 0 Å². The molecular weight excluding hydrogens is 432 g/mol. The Hall–Kier alpha value is -2.80. The van der Waals surface area contributed by atoms with Crippen LogP contribution in [0.2, 0.25) is 0 Å². The van der Waals surface area contributed by atoms with E-state index >= 15 is 0 Å². The third kappa shape index (κ3) is 3.44. The highest BCUT2D eigenvalue weighted by atomic mass is 32.1. The van der Waals surface area contributed by atoms with Crippen molar-refractivity contribution in [1.29, 1.82) is 0 Å². The smallest absolute Gasteiger partial charge is 0.254 e. The summed E-state index contributed by atoms with van der Waals surface area (Å²) in [6.45, 7) is 2.70. The van der Waals surface area contributed by atoms with Crippen molar-refractivity contribution in [2.24, 2.45) is 13.0 Å². The van der Waals surface area contributed by atoms with Crippen LogP contribution in [-0.4, -0.2) is 45.1 Å². The van der Waals surface area contributed by atoms with E-state index in [4.69, 9.17) is 9.72 Å². The molecule has 1 aromatic carbocycles. The van der Waals surface area contributed by atoms with Crippen molar-refractivity contribution in [2.45, 2.75) is 45.1 Å². The Labute approximate surface area is 197 Å². The van der Waals surface area contributed by atoms with Crippen molar-refractivity contribution in [1.82, 2.24) is 19.0 Å². The first kappa shape index (κ1) is 20.8. The highest BCUT2D eigenvalue weighted by molar-refractivity contribution is 7.16. The number of fused-ring (bicyclic) bond motifs is 2. The molecule has 1 aliphatic heterocycles. The van der Waals surface area contributed by atoms with Gasteiger partial charge in [-0.15, -0.1) is 11.3 Å². The second-order valence-electron chi connectivity index (χ2n) is 9.51. The number of carbonyl (C=O) groups excluding carboxylic acids is 1. The zero-order valence-corrected chi connectivity index (χ0v) is 20.2. The van der Waals surface area contributed by atoms with Gasteiger partial charge in [0, 0.05) is 37.6 Å². The van der Waals surface area contributed by atoms with Crippen molar-refractivity contribution in [3.8, 4) is 17.3 Å². The predicted octanol–water partition coefficient (Wildman–Crippen LogP) is 5.69. The first-order valence-electron chi connectivity index (χ1n) is 12.0. The third-order valence-corrected chi connectivity index (χ3v) is 8.39. The number of imidazole rings is 1. The van der Waals surface area contributed by atoms with E-state index in [9.17, 15) is 4.79 Å². The lowest BCUT2D eigenvalue weighted by Gasteiger charge is -2.27. The summed E-state index contributed by atoms with van der Waals surface area (Å²) < 4.78 is 10.3.